The molecule has 0 bridgehead atoms. The molecule has 0 aliphatic heterocycles. The molecule has 1 rings (SSSR count). The van der Waals surface area contributed by atoms with E-state index in [2.05, 4.69) is 5.32 Å². The number of hydrogen-bond acceptors (Lipinski definition) is 4. The van der Waals surface area contributed by atoms with Crippen LogP contribution in [0.2, 0.25) is 0 Å². The fourth-order valence-electron chi connectivity index (χ4n) is 1.16. The maximum atomic E-state index is 11.5. The van der Waals surface area contributed by atoms with Crippen molar-refractivity contribution in [2.45, 2.75) is 0 Å². The predicted octanol–water partition coefficient (Wildman–Crippen LogP) is 0.572. The van der Waals surface area contributed by atoms with Crippen molar-refractivity contribution in [3.05, 3.63) is 24.3 Å². The summed E-state index contributed by atoms with van der Waals surface area (Å²) in [6.45, 7) is 0.342. The monoisotopic (exact) mass is 243 g/mol. The van der Waals surface area contributed by atoms with Crippen LogP contribution in [0, 0.1) is 0 Å². The Morgan fingerprint density at radius 3 is 2.50 bits per heavy atom. The minimum Gasteiger partial charge on any atom is -0.397 e. The summed E-state index contributed by atoms with van der Waals surface area (Å²) in [7, 11) is -0.111. The van der Waals surface area contributed by atoms with Crippen molar-refractivity contribution in [1.82, 2.24) is 4.31 Å². The van der Waals surface area contributed by atoms with Gasteiger partial charge in [0, 0.05) is 20.6 Å². The van der Waals surface area contributed by atoms with Gasteiger partial charge in [0.2, 0.25) is 10.0 Å². The second-order valence-electron chi connectivity index (χ2n) is 3.61. The quantitative estimate of drug-likeness (QED) is 0.741. The average molecular weight is 243 g/mol. The Hall–Kier alpha value is -1.27. The Balaban J connectivity index is 2.52. The van der Waals surface area contributed by atoms with Gasteiger partial charge in [-0.25, -0.2) is 12.7 Å². The molecular weight excluding hydrogens is 226 g/mol. The van der Waals surface area contributed by atoms with E-state index < -0.39 is 10.0 Å². The van der Waals surface area contributed by atoms with Gasteiger partial charge in [-0.1, -0.05) is 12.1 Å². The van der Waals surface area contributed by atoms with Gasteiger partial charge in [0.25, 0.3) is 0 Å². The number of nitrogens with one attached hydrogen (secondary N) is 1. The van der Waals surface area contributed by atoms with Gasteiger partial charge in [0.15, 0.2) is 0 Å². The van der Waals surface area contributed by atoms with Crippen LogP contribution in [0.4, 0.5) is 11.4 Å². The normalized spacial score (nSPS) is 11.7. The van der Waals surface area contributed by atoms with E-state index in [-0.39, 0.29) is 5.75 Å². The highest BCUT2D eigenvalue weighted by atomic mass is 32.2. The van der Waals surface area contributed by atoms with E-state index in [0.29, 0.717) is 12.2 Å². The number of hydrogen-bond donors (Lipinski definition) is 2. The van der Waals surface area contributed by atoms with Crippen LogP contribution in [-0.4, -0.2) is 39.1 Å². The highest BCUT2D eigenvalue weighted by molar-refractivity contribution is 7.89. The summed E-state index contributed by atoms with van der Waals surface area (Å²) in [5, 5.41) is 2.99. The smallest absolute Gasteiger partial charge is 0.215 e. The van der Waals surface area contributed by atoms with E-state index >= 15 is 0 Å². The van der Waals surface area contributed by atoms with Crippen LogP contribution in [0.3, 0.4) is 0 Å². The van der Waals surface area contributed by atoms with E-state index in [4.69, 9.17) is 5.73 Å². The summed E-state index contributed by atoms with van der Waals surface area (Å²) in [6.07, 6.45) is 0. The molecule has 16 heavy (non-hydrogen) atoms. The predicted molar refractivity (Wildman–Crippen MR) is 66.8 cm³/mol. The van der Waals surface area contributed by atoms with Crippen molar-refractivity contribution in [2.75, 3.05) is 37.4 Å². The van der Waals surface area contributed by atoms with Crippen molar-refractivity contribution in [1.29, 1.82) is 0 Å². The molecule has 1 aromatic rings. The third kappa shape index (κ3) is 3.39. The van der Waals surface area contributed by atoms with Crippen molar-refractivity contribution in [3.8, 4) is 0 Å². The Morgan fingerprint density at radius 1 is 1.31 bits per heavy atom. The van der Waals surface area contributed by atoms with Gasteiger partial charge in [-0.05, 0) is 12.1 Å². The highest BCUT2D eigenvalue weighted by Gasteiger charge is 2.12. The molecule has 0 spiro atoms. The van der Waals surface area contributed by atoms with Gasteiger partial charge in [-0.2, -0.15) is 0 Å². The lowest BCUT2D eigenvalue weighted by Gasteiger charge is -2.12. The molecule has 0 saturated heterocycles. The Kier molecular flexibility index (Phi) is 4.14. The number of nitrogens with two attached hydrogens (primary N) is 1. The van der Waals surface area contributed by atoms with Crippen LogP contribution in [0.5, 0.6) is 0 Å². The minimum atomic E-state index is -3.15. The van der Waals surface area contributed by atoms with Gasteiger partial charge in [0.05, 0.1) is 17.1 Å². The molecule has 1 aromatic carbocycles. The minimum absolute atomic E-state index is 0.0499. The van der Waals surface area contributed by atoms with Crippen LogP contribution < -0.4 is 11.1 Å². The molecule has 0 fully saturated rings. The SMILES string of the molecule is CN(C)S(=O)(=O)CCNc1ccccc1N. The largest absolute Gasteiger partial charge is 0.397 e. The van der Waals surface area contributed by atoms with Crippen LogP contribution in [0.15, 0.2) is 24.3 Å². The summed E-state index contributed by atoms with van der Waals surface area (Å²) in [5.41, 5.74) is 7.08. The zero-order valence-corrected chi connectivity index (χ0v) is 10.3. The number of benzene rings is 1. The topological polar surface area (TPSA) is 75.4 Å². The molecule has 3 N–H and O–H groups in total. The maximum Gasteiger partial charge on any atom is 0.215 e. The summed E-state index contributed by atoms with van der Waals surface area (Å²) in [6, 6.07) is 7.26. The molecule has 0 aromatic heterocycles. The molecule has 0 amide bonds. The molecule has 5 nitrogen and oxygen atoms in total. The van der Waals surface area contributed by atoms with E-state index in [1.54, 1.807) is 6.07 Å². The first-order valence-corrected chi connectivity index (χ1v) is 6.53. The van der Waals surface area contributed by atoms with Gasteiger partial charge in [0.1, 0.15) is 0 Å². The second-order valence-corrected chi connectivity index (χ2v) is 5.91. The lowest BCUT2D eigenvalue weighted by atomic mass is 10.3. The zero-order chi connectivity index (χ0) is 12.2. The number of nitrogen functional groups attached to an aromatic ring is 1. The molecule has 0 radical (unpaired) electrons. The number of anilines is 2. The standard InChI is InChI=1S/C10H17N3O2S/c1-13(2)16(14,15)8-7-12-10-6-4-3-5-9(10)11/h3-6,12H,7-8,11H2,1-2H3. The molecule has 0 unspecified atom stereocenters. The zero-order valence-electron chi connectivity index (χ0n) is 9.47. The van der Waals surface area contributed by atoms with E-state index in [1.165, 1.54) is 18.4 Å². The molecule has 0 aliphatic rings. The van der Waals surface area contributed by atoms with Crippen LogP contribution in [-0.2, 0) is 10.0 Å². The van der Waals surface area contributed by atoms with Crippen LogP contribution >= 0.6 is 0 Å². The summed E-state index contributed by atoms with van der Waals surface area (Å²) < 4.78 is 24.1. The fraction of sp³-hybridized carbons (Fsp3) is 0.400. The van der Waals surface area contributed by atoms with Crippen molar-refractivity contribution >= 4 is 21.4 Å². The number of para-hydroxylation sites is 2. The lowest BCUT2D eigenvalue weighted by Crippen LogP contribution is -2.28. The molecule has 6 heteroatoms. The first-order chi connectivity index (χ1) is 7.43. The fourth-order valence-corrected chi connectivity index (χ4v) is 1.88. The molecule has 0 atom stereocenters. The Bertz CT molecular complexity index is 443. The average Bonchev–Trinajstić information content (AvgIpc) is 2.20. The summed E-state index contributed by atoms with van der Waals surface area (Å²) in [5.74, 6) is 0.0499. The van der Waals surface area contributed by atoms with Gasteiger partial charge in [-0.15, -0.1) is 0 Å². The van der Waals surface area contributed by atoms with Crippen molar-refractivity contribution in [2.24, 2.45) is 0 Å². The third-order valence-electron chi connectivity index (χ3n) is 2.19. The molecule has 0 aliphatic carbocycles. The maximum absolute atomic E-state index is 11.5. The third-order valence-corrected chi connectivity index (χ3v) is 4.03. The summed E-state index contributed by atoms with van der Waals surface area (Å²) >= 11 is 0. The lowest BCUT2D eigenvalue weighted by molar-refractivity contribution is 0.521. The number of nitrogens with zero attached hydrogens (tertiary/aromatic N) is 1. The molecule has 0 heterocycles. The molecule has 90 valence electrons. The first-order valence-electron chi connectivity index (χ1n) is 4.92. The van der Waals surface area contributed by atoms with Crippen LogP contribution in [0.25, 0.3) is 0 Å². The van der Waals surface area contributed by atoms with Gasteiger partial charge < -0.3 is 11.1 Å². The van der Waals surface area contributed by atoms with Crippen LogP contribution in [0.1, 0.15) is 0 Å². The van der Waals surface area contributed by atoms with E-state index in [9.17, 15) is 8.42 Å². The second kappa shape index (κ2) is 5.18. The molecule has 0 saturated carbocycles. The Labute approximate surface area is 96.3 Å². The van der Waals surface area contributed by atoms with Crippen molar-refractivity contribution < 1.29 is 8.42 Å². The number of rotatable bonds is 5. The Morgan fingerprint density at radius 2 is 1.94 bits per heavy atom. The highest BCUT2D eigenvalue weighted by Crippen LogP contribution is 2.16. The molecular formula is C10H17N3O2S. The van der Waals surface area contributed by atoms with E-state index in [0.717, 1.165) is 5.69 Å². The van der Waals surface area contributed by atoms with E-state index in [1.807, 2.05) is 18.2 Å². The van der Waals surface area contributed by atoms with Gasteiger partial charge >= 0.3 is 0 Å². The summed E-state index contributed by atoms with van der Waals surface area (Å²) in [4.78, 5) is 0. The number of sulfonamides is 1. The van der Waals surface area contributed by atoms with Gasteiger partial charge in [-0.3, -0.25) is 0 Å². The van der Waals surface area contributed by atoms with Crippen molar-refractivity contribution in [3.63, 3.8) is 0 Å². The first kappa shape index (κ1) is 12.8.